The molecule has 0 aliphatic carbocycles. The predicted octanol–water partition coefficient (Wildman–Crippen LogP) is 3.16. The molecule has 0 spiro atoms. The second kappa shape index (κ2) is 9.63. The third kappa shape index (κ3) is 5.77. The van der Waals surface area contributed by atoms with Crippen LogP contribution in [0.5, 0.6) is 0 Å². The van der Waals surface area contributed by atoms with Gasteiger partial charge in [-0.2, -0.15) is 0 Å². The summed E-state index contributed by atoms with van der Waals surface area (Å²) in [5.41, 5.74) is 14.5. The number of benzene rings is 2. The first-order valence-corrected chi connectivity index (χ1v) is 10.3. The van der Waals surface area contributed by atoms with E-state index in [1.165, 1.54) is 0 Å². The number of hydrogen-bond donors (Lipinski definition) is 4. The summed E-state index contributed by atoms with van der Waals surface area (Å²) in [6, 6.07) is 12.7. The molecular formula is C18H20N2O4S2. The number of rotatable bonds is 9. The molecule has 6 nitrogen and oxygen atoms in total. The second-order valence-electron chi connectivity index (χ2n) is 5.64. The summed E-state index contributed by atoms with van der Waals surface area (Å²) in [4.78, 5) is 21.7. The topological polar surface area (TPSA) is 127 Å². The predicted molar refractivity (Wildman–Crippen MR) is 106 cm³/mol. The quantitative estimate of drug-likeness (QED) is 0.379. The van der Waals surface area contributed by atoms with E-state index < -0.39 is 11.9 Å². The Labute approximate surface area is 159 Å². The Hall–Kier alpha value is -2.00. The third-order valence-corrected chi connectivity index (χ3v) is 6.22. The van der Waals surface area contributed by atoms with Crippen molar-refractivity contribution >= 4 is 33.5 Å². The van der Waals surface area contributed by atoms with Crippen molar-refractivity contribution in [3.63, 3.8) is 0 Å². The van der Waals surface area contributed by atoms with E-state index in [1.54, 1.807) is 70.1 Å². The summed E-state index contributed by atoms with van der Waals surface area (Å²) in [7, 11) is 3.20. The molecule has 0 saturated carbocycles. The van der Waals surface area contributed by atoms with Gasteiger partial charge in [0.25, 0.3) is 0 Å². The van der Waals surface area contributed by atoms with E-state index in [-0.39, 0.29) is 23.2 Å². The van der Waals surface area contributed by atoms with Crippen LogP contribution >= 0.6 is 21.6 Å². The summed E-state index contributed by atoms with van der Waals surface area (Å²) in [5, 5.41) is 17.8. The van der Waals surface area contributed by atoms with Crippen molar-refractivity contribution in [3.8, 4) is 0 Å². The van der Waals surface area contributed by atoms with Crippen LogP contribution in [0.4, 0.5) is 0 Å². The molecule has 0 radical (unpaired) electrons. The van der Waals surface area contributed by atoms with Crippen LogP contribution in [0.3, 0.4) is 0 Å². The lowest BCUT2D eigenvalue weighted by atomic mass is 10.1. The zero-order valence-corrected chi connectivity index (χ0v) is 15.5. The van der Waals surface area contributed by atoms with Crippen LogP contribution in [0.2, 0.25) is 0 Å². The van der Waals surface area contributed by atoms with Gasteiger partial charge in [-0.1, -0.05) is 45.9 Å². The summed E-state index contributed by atoms with van der Waals surface area (Å²) >= 11 is 0. The van der Waals surface area contributed by atoms with E-state index in [0.29, 0.717) is 11.5 Å². The van der Waals surface area contributed by atoms with Gasteiger partial charge in [-0.05, 0) is 35.4 Å². The van der Waals surface area contributed by atoms with E-state index in [0.717, 1.165) is 11.1 Å². The number of nitrogens with two attached hydrogens (primary N) is 2. The van der Waals surface area contributed by atoms with Gasteiger partial charge in [0.2, 0.25) is 0 Å². The Kier molecular flexibility index (Phi) is 7.52. The molecule has 8 heteroatoms. The summed E-state index contributed by atoms with van der Waals surface area (Å²) < 4.78 is 0. The first kappa shape index (κ1) is 20.3. The smallest absolute Gasteiger partial charge is 0.335 e. The zero-order valence-electron chi connectivity index (χ0n) is 13.9. The molecule has 0 amide bonds. The molecule has 0 unspecified atom stereocenters. The number of carboxylic acid groups (broad SMARTS) is 2. The molecule has 138 valence electrons. The van der Waals surface area contributed by atoms with E-state index >= 15 is 0 Å². The highest BCUT2D eigenvalue weighted by atomic mass is 33.1. The monoisotopic (exact) mass is 392 g/mol. The normalized spacial score (nSPS) is 13.2. The molecule has 6 N–H and O–H groups in total. The first-order valence-electron chi connectivity index (χ1n) is 7.80. The highest BCUT2D eigenvalue weighted by Crippen LogP contribution is 2.29. The van der Waals surface area contributed by atoms with Crippen LogP contribution in [0.25, 0.3) is 0 Å². The van der Waals surface area contributed by atoms with E-state index in [4.69, 9.17) is 21.7 Å². The van der Waals surface area contributed by atoms with Gasteiger partial charge in [0.15, 0.2) is 0 Å². The Morgan fingerprint density at radius 3 is 1.31 bits per heavy atom. The van der Waals surface area contributed by atoms with Crippen molar-refractivity contribution in [3.05, 3.63) is 70.8 Å². The largest absolute Gasteiger partial charge is 0.478 e. The Morgan fingerprint density at radius 1 is 0.731 bits per heavy atom. The number of carbonyl (C=O) groups is 2. The standard InChI is InChI=1S/C18H20N2O4S2/c19-15(11-1-5-13(6-2-11)17(21)22)9-25-26-10-16(20)12-3-7-14(8-4-12)18(23)24/h1-8,15-16H,9-10,19-20H2,(H,21,22)(H,23,24)/t15-,16-/m1/s1. The minimum Gasteiger partial charge on any atom is -0.478 e. The van der Waals surface area contributed by atoms with Gasteiger partial charge in [-0.3, -0.25) is 0 Å². The molecule has 26 heavy (non-hydrogen) atoms. The average Bonchev–Trinajstić information content (AvgIpc) is 2.65. The minimum atomic E-state index is -0.958. The van der Waals surface area contributed by atoms with Gasteiger partial charge in [-0.25, -0.2) is 9.59 Å². The molecule has 2 atom stereocenters. The lowest BCUT2D eigenvalue weighted by molar-refractivity contribution is 0.0686. The number of aromatic carboxylic acids is 2. The molecule has 2 rings (SSSR count). The maximum atomic E-state index is 10.8. The first-order chi connectivity index (χ1) is 12.4. The highest BCUT2D eigenvalue weighted by molar-refractivity contribution is 8.76. The fraction of sp³-hybridized carbons (Fsp3) is 0.222. The average molecular weight is 393 g/mol. The lowest BCUT2D eigenvalue weighted by Crippen LogP contribution is -2.14. The maximum Gasteiger partial charge on any atom is 0.335 e. The summed E-state index contributed by atoms with van der Waals surface area (Å²) in [5.74, 6) is -0.579. The van der Waals surface area contributed by atoms with Crippen molar-refractivity contribution in [2.24, 2.45) is 11.5 Å². The fourth-order valence-corrected chi connectivity index (χ4v) is 4.51. The molecule has 2 aromatic rings. The second-order valence-corrected chi connectivity index (χ2v) is 8.19. The van der Waals surface area contributed by atoms with Gasteiger partial charge in [-0.15, -0.1) is 0 Å². The molecule has 0 aromatic heterocycles. The van der Waals surface area contributed by atoms with Crippen LogP contribution < -0.4 is 11.5 Å². The van der Waals surface area contributed by atoms with E-state index in [2.05, 4.69) is 0 Å². The highest BCUT2D eigenvalue weighted by Gasteiger charge is 2.11. The van der Waals surface area contributed by atoms with E-state index in [1.807, 2.05) is 0 Å². The van der Waals surface area contributed by atoms with Crippen LogP contribution in [-0.2, 0) is 0 Å². The molecule has 2 aromatic carbocycles. The number of hydrogen-bond acceptors (Lipinski definition) is 6. The van der Waals surface area contributed by atoms with Gasteiger partial charge in [0.1, 0.15) is 0 Å². The van der Waals surface area contributed by atoms with Crippen molar-refractivity contribution in [2.45, 2.75) is 12.1 Å². The van der Waals surface area contributed by atoms with Crippen molar-refractivity contribution in [1.29, 1.82) is 0 Å². The van der Waals surface area contributed by atoms with Crippen molar-refractivity contribution in [2.75, 3.05) is 11.5 Å². The van der Waals surface area contributed by atoms with Crippen LogP contribution in [0.1, 0.15) is 43.9 Å². The SMILES string of the molecule is N[C@H](CSSC[C@@H](N)c1ccc(C(=O)O)cc1)c1ccc(C(=O)O)cc1. The number of carboxylic acids is 2. The fourth-order valence-electron chi connectivity index (χ4n) is 2.18. The molecular weight excluding hydrogens is 372 g/mol. The Bertz CT molecular complexity index is 685. The maximum absolute atomic E-state index is 10.8. The molecule has 0 aliphatic heterocycles. The zero-order chi connectivity index (χ0) is 19.1. The Morgan fingerprint density at radius 2 is 1.04 bits per heavy atom. The van der Waals surface area contributed by atoms with Gasteiger partial charge in [0.05, 0.1) is 11.1 Å². The Balaban J connectivity index is 1.76. The van der Waals surface area contributed by atoms with Gasteiger partial charge >= 0.3 is 11.9 Å². The summed E-state index contributed by atoms with van der Waals surface area (Å²) in [6.45, 7) is 0. The molecule has 0 fully saturated rings. The molecule has 0 saturated heterocycles. The van der Waals surface area contributed by atoms with Crippen LogP contribution in [0, 0.1) is 0 Å². The summed E-state index contributed by atoms with van der Waals surface area (Å²) in [6.07, 6.45) is 0. The molecule has 0 bridgehead atoms. The van der Waals surface area contributed by atoms with E-state index in [9.17, 15) is 9.59 Å². The lowest BCUT2D eigenvalue weighted by Gasteiger charge is -2.14. The van der Waals surface area contributed by atoms with Crippen molar-refractivity contribution < 1.29 is 19.8 Å². The third-order valence-electron chi connectivity index (χ3n) is 3.75. The van der Waals surface area contributed by atoms with Crippen LogP contribution in [-0.4, -0.2) is 33.7 Å². The minimum absolute atomic E-state index is 0.193. The van der Waals surface area contributed by atoms with Crippen LogP contribution in [0.15, 0.2) is 48.5 Å². The molecule has 0 heterocycles. The van der Waals surface area contributed by atoms with Gasteiger partial charge in [0, 0.05) is 23.6 Å². The van der Waals surface area contributed by atoms with Crippen molar-refractivity contribution in [1.82, 2.24) is 0 Å². The molecule has 0 aliphatic rings. The van der Waals surface area contributed by atoms with Gasteiger partial charge < -0.3 is 21.7 Å².